The van der Waals surface area contributed by atoms with Crippen molar-refractivity contribution in [2.45, 2.75) is 31.1 Å². The third-order valence-electron chi connectivity index (χ3n) is 5.60. The van der Waals surface area contributed by atoms with Crippen LogP contribution < -0.4 is 10.6 Å². The zero-order valence-corrected chi connectivity index (χ0v) is 20.9. The number of oxazole rings is 1. The molecule has 0 fully saturated rings. The molecule has 0 radical (unpaired) electrons. The third-order valence-corrected chi connectivity index (χ3v) is 6.33. The molecule has 0 saturated heterocycles. The highest BCUT2D eigenvalue weighted by molar-refractivity contribution is 7.98. The number of aromatic nitrogens is 1. The molecule has 0 bridgehead atoms. The fourth-order valence-electron chi connectivity index (χ4n) is 3.59. The van der Waals surface area contributed by atoms with Crippen molar-refractivity contribution in [2.75, 3.05) is 23.9 Å². The Hall–Kier alpha value is -3.51. The van der Waals surface area contributed by atoms with Crippen LogP contribution in [0.5, 0.6) is 0 Å². The molecule has 174 valence electrons. The monoisotopic (exact) mass is 471 g/mol. The van der Waals surface area contributed by atoms with Crippen LogP contribution in [0.25, 0.3) is 22.8 Å². The molecule has 2 N–H and O–H groups in total. The van der Waals surface area contributed by atoms with Gasteiger partial charge < -0.3 is 15.1 Å². The highest BCUT2D eigenvalue weighted by Crippen LogP contribution is 2.32. The smallest absolute Gasteiger partial charge is 0.278 e. The van der Waals surface area contributed by atoms with Crippen molar-refractivity contribution in [2.24, 2.45) is 0 Å². The minimum Gasteiger partial charge on any atom is -0.435 e. The predicted molar refractivity (Wildman–Crippen MR) is 142 cm³/mol. The molecule has 3 aromatic carbocycles. The second-order valence-electron chi connectivity index (χ2n) is 9.04. The van der Waals surface area contributed by atoms with Crippen LogP contribution in [0.2, 0.25) is 0 Å². The fourth-order valence-corrected chi connectivity index (χ4v) is 4.04. The van der Waals surface area contributed by atoms with Gasteiger partial charge in [-0.25, -0.2) is 4.98 Å². The SMILES string of the molecule is CNc1ccc(-c2oc(-c3ccc(C(C)(C)C)cc3)nc2C(=O)Nc2cccc(SC)c2)cc1. The first-order valence-corrected chi connectivity index (χ1v) is 12.4. The van der Waals surface area contributed by atoms with Crippen LogP contribution in [0.4, 0.5) is 11.4 Å². The highest BCUT2D eigenvalue weighted by Gasteiger charge is 2.23. The topological polar surface area (TPSA) is 67.2 Å². The molecule has 0 atom stereocenters. The molecule has 1 aromatic heterocycles. The van der Waals surface area contributed by atoms with Gasteiger partial charge in [-0.05, 0) is 71.8 Å². The molecule has 0 saturated carbocycles. The molecule has 1 heterocycles. The van der Waals surface area contributed by atoms with Gasteiger partial charge in [-0.3, -0.25) is 4.79 Å². The zero-order chi connectivity index (χ0) is 24.3. The Morgan fingerprint density at radius 1 is 0.912 bits per heavy atom. The first-order chi connectivity index (χ1) is 16.3. The van der Waals surface area contributed by atoms with Crippen molar-refractivity contribution in [3.63, 3.8) is 0 Å². The lowest BCUT2D eigenvalue weighted by Gasteiger charge is -2.18. The van der Waals surface area contributed by atoms with Gasteiger partial charge in [0.15, 0.2) is 11.5 Å². The van der Waals surface area contributed by atoms with Gasteiger partial charge in [0.05, 0.1) is 0 Å². The summed E-state index contributed by atoms with van der Waals surface area (Å²) in [7, 11) is 1.87. The molecular formula is C28H29N3O2S. The zero-order valence-electron chi connectivity index (χ0n) is 20.1. The van der Waals surface area contributed by atoms with E-state index in [1.165, 1.54) is 5.56 Å². The summed E-state index contributed by atoms with van der Waals surface area (Å²) in [6, 6.07) is 23.6. The number of amides is 1. The van der Waals surface area contributed by atoms with Crippen molar-refractivity contribution in [3.05, 3.63) is 84.1 Å². The van der Waals surface area contributed by atoms with Crippen LogP contribution in [-0.4, -0.2) is 24.2 Å². The predicted octanol–water partition coefficient (Wildman–Crippen LogP) is 7.32. The van der Waals surface area contributed by atoms with Gasteiger partial charge >= 0.3 is 0 Å². The van der Waals surface area contributed by atoms with Crippen molar-refractivity contribution >= 4 is 29.0 Å². The van der Waals surface area contributed by atoms with E-state index in [1.54, 1.807) is 11.8 Å². The average Bonchev–Trinajstić information content (AvgIpc) is 3.29. The van der Waals surface area contributed by atoms with Crippen LogP contribution in [0, 0.1) is 0 Å². The number of benzene rings is 3. The van der Waals surface area contributed by atoms with Crippen molar-refractivity contribution in [1.29, 1.82) is 0 Å². The second-order valence-corrected chi connectivity index (χ2v) is 9.92. The molecule has 4 rings (SSSR count). The Bertz CT molecular complexity index is 1290. The largest absolute Gasteiger partial charge is 0.435 e. The summed E-state index contributed by atoms with van der Waals surface area (Å²) in [4.78, 5) is 19.0. The quantitative estimate of drug-likeness (QED) is 0.288. The summed E-state index contributed by atoms with van der Waals surface area (Å²) < 4.78 is 6.19. The minimum atomic E-state index is -0.313. The minimum absolute atomic E-state index is 0.0473. The molecule has 0 spiro atoms. The number of nitrogens with zero attached hydrogens (tertiary/aromatic N) is 1. The van der Waals surface area contributed by atoms with Crippen LogP contribution in [0.1, 0.15) is 36.8 Å². The third kappa shape index (κ3) is 5.18. The number of thioether (sulfide) groups is 1. The number of carbonyl (C=O) groups excluding carboxylic acids is 1. The standard InChI is InChI=1S/C28H29N3O2S/c1-28(2,3)20-13-9-19(10-14-20)27-31-24(25(33-27)18-11-15-21(29-4)16-12-18)26(32)30-22-7-6-8-23(17-22)34-5/h6-17,29H,1-5H3,(H,30,32). The lowest BCUT2D eigenvalue weighted by molar-refractivity contribution is 0.102. The Kier molecular flexibility index (Phi) is 6.80. The maximum Gasteiger partial charge on any atom is 0.278 e. The number of nitrogens with one attached hydrogen (secondary N) is 2. The lowest BCUT2D eigenvalue weighted by atomic mass is 9.87. The van der Waals surface area contributed by atoms with E-state index in [2.05, 4.69) is 48.5 Å². The number of carbonyl (C=O) groups is 1. The van der Waals surface area contributed by atoms with E-state index in [4.69, 9.17) is 4.42 Å². The van der Waals surface area contributed by atoms with E-state index in [0.29, 0.717) is 17.3 Å². The molecule has 4 aromatic rings. The maximum absolute atomic E-state index is 13.3. The summed E-state index contributed by atoms with van der Waals surface area (Å²) >= 11 is 1.62. The molecule has 6 heteroatoms. The highest BCUT2D eigenvalue weighted by atomic mass is 32.2. The summed E-state index contributed by atoms with van der Waals surface area (Å²) in [5.41, 5.74) is 4.82. The van der Waals surface area contributed by atoms with Crippen molar-refractivity contribution < 1.29 is 9.21 Å². The van der Waals surface area contributed by atoms with Gasteiger partial charge in [0, 0.05) is 34.4 Å². The van der Waals surface area contributed by atoms with Crippen molar-refractivity contribution in [3.8, 4) is 22.8 Å². The number of rotatable bonds is 6. The van der Waals surface area contributed by atoms with E-state index >= 15 is 0 Å². The summed E-state index contributed by atoms with van der Waals surface area (Å²) in [6.07, 6.45) is 2.00. The molecule has 0 aliphatic heterocycles. The normalized spacial score (nSPS) is 11.3. The van der Waals surface area contributed by atoms with E-state index in [-0.39, 0.29) is 17.0 Å². The molecule has 5 nitrogen and oxygen atoms in total. The molecule has 0 unspecified atom stereocenters. The van der Waals surface area contributed by atoms with Gasteiger partial charge in [0.25, 0.3) is 5.91 Å². The molecular weight excluding hydrogens is 442 g/mol. The van der Waals surface area contributed by atoms with E-state index in [9.17, 15) is 4.79 Å². The number of hydrogen-bond acceptors (Lipinski definition) is 5. The Morgan fingerprint density at radius 3 is 2.21 bits per heavy atom. The van der Waals surface area contributed by atoms with Gasteiger partial charge in [-0.15, -0.1) is 11.8 Å². The molecule has 0 aliphatic rings. The van der Waals surface area contributed by atoms with Crippen LogP contribution >= 0.6 is 11.8 Å². The van der Waals surface area contributed by atoms with E-state index < -0.39 is 0 Å². The Labute approximate surface area is 205 Å². The van der Waals surface area contributed by atoms with E-state index in [1.807, 2.05) is 74.0 Å². The van der Waals surface area contributed by atoms with Crippen LogP contribution in [0.15, 0.2) is 82.1 Å². The Balaban J connectivity index is 1.73. The van der Waals surface area contributed by atoms with Gasteiger partial charge in [0.1, 0.15) is 0 Å². The molecule has 1 amide bonds. The Morgan fingerprint density at radius 2 is 1.59 bits per heavy atom. The second kappa shape index (κ2) is 9.77. The number of anilines is 2. The van der Waals surface area contributed by atoms with Crippen molar-refractivity contribution in [1.82, 2.24) is 4.98 Å². The van der Waals surface area contributed by atoms with Gasteiger partial charge in [-0.2, -0.15) is 0 Å². The average molecular weight is 472 g/mol. The van der Waals surface area contributed by atoms with Crippen LogP contribution in [0.3, 0.4) is 0 Å². The summed E-state index contributed by atoms with van der Waals surface area (Å²) in [5.74, 6) is 0.541. The van der Waals surface area contributed by atoms with Gasteiger partial charge in [-0.1, -0.05) is 39.0 Å². The first-order valence-electron chi connectivity index (χ1n) is 11.1. The fraction of sp³-hybridized carbons (Fsp3) is 0.214. The van der Waals surface area contributed by atoms with E-state index in [0.717, 1.165) is 21.7 Å². The molecule has 34 heavy (non-hydrogen) atoms. The van der Waals surface area contributed by atoms with Crippen LogP contribution in [-0.2, 0) is 5.41 Å². The number of hydrogen-bond donors (Lipinski definition) is 2. The molecule has 0 aliphatic carbocycles. The maximum atomic E-state index is 13.3. The summed E-state index contributed by atoms with van der Waals surface area (Å²) in [6.45, 7) is 6.53. The lowest BCUT2D eigenvalue weighted by Crippen LogP contribution is -2.13. The summed E-state index contributed by atoms with van der Waals surface area (Å²) in [5, 5.41) is 6.08. The first kappa shape index (κ1) is 23.6. The van der Waals surface area contributed by atoms with Gasteiger partial charge in [0.2, 0.25) is 5.89 Å².